The summed E-state index contributed by atoms with van der Waals surface area (Å²) in [5.74, 6) is 2.19. The van der Waals surface area contributed by atoms with E-state index >= 15 is 0 Å². The molecule has 2 heterocycles. The summed E-state index contributed by atoms with van der Waals surface area (Å²) >= 11 is 1.74. The molecule has 5 nitrogen and oxygen atoms in total. The molecule has 6 heteroatoms. The highest BCUT2D eigenvalue weighted by molar-refractivity contribution is 7.98. The van der Waals surface area contributed by atoms with E-state index in [9.17, 15) is 9.90 Å². The minimum atomic E-state index is -0.129. The van der Waals surface area contributed by atoms with Crippen LogP contribution >= 0.6 is 11.8 Å². The molecule has 1 fully saturated rings. The average molecular weight is 376 g/mol. The number of hydrogen-bond acceptors (Lipinski definition) is 4. The molecule has 0 bridgehead atoms. The summed E-state index contributed by atoms with van der Waals surface area (Å²) in [6.45, 7) is 0.721. The minimum absolute atomic E-state index is 0.122. The van der Waals surface area contributed by atoms with Crippen LogP contribution in [0.1, 0.15) is 50.6 Å². The molecule has 2 N–H and O–H groups in total. The summed E-state index contributed by atoms with van der Waals surface area (Å²) in [5, 5.41) is 13.0. The van der Waals surface area contributed by atoms with Crippen molar-refractivity contribution in [1.82, 2.24) is 14.7 Å². The summed E-state index contributed by atoms with van der Waals surface area (Å²) in [5.41, 5.74) is 2.01. The van der Waals surface area contributed by atoms with Gasteiger partial charge >= 0.3 is 0 Å². The first kappa shape index (κ1) is 19.2. The van der Waals surface area contributed by atoms with Gasteiger partial charge in [0, 0.05) is 36.9 Å². The smallest absolute Gasteiger partial charge is 0.220 e. The lowest BCUT2D eigenvalue weighted by atomic mass is 9.83. The lowest BCUT2D eigenvalue weighted by molar-refractivity contribution is -0.120. The Balaban J connectivity index is 1.25. The Morgan fingerprint density at radius 3 is 3.08 bits per heavy atom. The number of nitrogens with zero attached hydrogens (tertiary/aromatic N) is 2. The first-order valence-electron chi connectivity index (χ1n) is 9.67. The van der Waals surface area contributed by atoms with Gasteiger partial charge in [-0.1, -0.05) is 18.9 Å². The molecule has 2 atom stereocenters. The fraction of sp³-hybridized carbons (Fsp3) is 0.600. The van der Waals surface area contributed by atoms with Crippen molar-refractivity contribution in [2.75, 3.05) is 12.3 Å². The highest BCUT2D eigenvalue weighted by Crippen LogP contribution is 2.27. The van der Waals surface area contributed by atoms with E-state index in [0.717, 1.165) is 61.5 Å². The van der Waals surface area contributed by atoms with E-state index < -0.39 is 0 Å². The van der Waals surface area contributed by atoms with Gasteiger partial charge in [0.05, 0.1) is 11.8 Å². The SMILES string of the molecule is O=C(CCSCc1cn2ccccc2n1)NCCCC1CCCCC1O. The lowest BCUT2D eigenvalue weighted by Gasteiger charge is -2.27. The van der Waals surface area contributed by atoms with E-state index in [2.05, 4.69) is 10.3 Å². The predicted molar refractivity (Wildman–Crippen MR) is 106 cm³/mol. The summed E-state index contributed by atoms with van der Waals surface area (Å²) in [4.78, 5) is 16.5. The zero-order valence-corrected chi connectivity index (χ0v) is 16.1. The Kier molecular flexibility index (Phi) is 7.38. The number of aliphatic hydroxyl groups is 1. The molecule has 0 radical (unpaired) electrons. The van der Waals surface area contributed by atoms with Crippen molar-refractivity contribution in [3.8, 4) is 0 Å². The zero-order valence-electron chi connectivity index (χ0n) is 15.3. The highest BCUT2D eigenvalue weighted by Gasteiger charge is 2.22. The average Bonchev–Trinajstić information content (AvgIpc) is 3.06. The van der Waals surface area contributed by atoms with Gasteiger partial charge in [0.1, 0.15) is 5.65 Å². The third-order valence-electron chi connectivity index (χ3n) is 5.08. The van der Waals surface area contributed by atoms with Gasteiger partial charge in [0.25, 0.3) is 0 Å². The van der Waals surface area contributed by atoms with Crippen molar-refractivity contribution in [2.24, 2.45) is 5.92 Å². The molecule has 2 aromatic rings. The second-order valence-electron chi connectivity index (χ2n) is 7.10. The van der Waals surface area contributed by atoms with Crippen molar-refractivity contribution >= 4 is 23.3 Å². The number of carbonyl (C=O) groups is 1. The second-order valence-corrected chi connectivity index (χ2v) is 8.21. The molecular formula is C20H29N3O2S. The van der Waals surface area contributed by atoms with E-state index in [1.54, 1.807) is 11.8 Å². The second kappa shape index (κ2) is 9.97. The quantitative estimate of drug-likeness (QED) is 0.659. The summed E-state index contributed by atoms with van der Waals surface area (Å²) in [6.07, 6.45) is 10.9. The molecule has 2 unspecified atom stereocenters. The first-order chi connectivity index (χ1) is 12.7. The Labute approximate surface area is 159 Å². The fourth-order valence-corrected chi connectivity index (χ4v) is 4.43. The Morgan fingerprint density at radius 2 is 2.23 bits per heavy atom. The summed E-state index contributed by atoms with van der Waals surface area (Å²) < 4.78 is 2.02. The van der Waals surface area contributed by atoms with Gasteiger partial charge in [-0.25, -0.2) is 4.98 Å². The van der Waals surface area contributed by atoms with Crippen molar-refractivity contribution in [3.63, 3.8) is 0 Å². The van der Waals surface area contributed by atoms with Crippen LogP contribution in [0.5, 0.6) is 0 Å². The number of nitrogens with one attached hydrogen (secondary N) is 1. The van der Waals surface area contributed by atoms with E-state index in [0.29, 0.717) is 12.3 Å². The van der Waals surface area contributed by atoms with Gasteiger partial charge < -0.3 is 14.8 Å². The van der Waals surface area contributed by atoms with Crippen molar-refractivity contribution < 1.29 is 9.90 Å². The summed E-state index contributed by atoms with van der Waals surface area (Å²) in [7, 11) is 0. The first-order valence-corrected chi connectivity index (χ1v) is 10.8. The number of aliphatic hydroxyl groups excluding tert-OH is 1. The highest BCUT2D eigenvalue weighted by atomic mass is 32.2. The Bertz CT molecular complexity index is 670. The van der Waals surface area contributed by atoms with Gasteiger partial charge in [-0.3, -0.25) is 4.79 Å². The van der Waals surface area contributed by atoms with Gasteiger partial charge in [0.15, 0.2) is 0 Å². The number of hydrogen-bond donors (Lipinski definition) is 2. The van der Waals surface area contributed by atoms with Gasteiger partial charge in [-0.05, 0) is 43.7 Å². The molecule has 1 amide bonds. The lowest BCUT2D eigenvalue weighted by Crippen LogP contribution is -2.28. The molecule has 0 spiro atoms. The van der Waals surface area contributed by atoms with Crippen LogP contribution < -0.4 is 5.32 Å². The van der Waals surface area contributed by atoms with Crippen LogP contribution in [0.4, 0.5) is 0 Å². The van der Waals surface area contributed by atoms with Crippen molar-refractivity contribution in [3.05, 3.63) is 36.3 Å². The van der Waals surface area contributed by atoms with Gasteiger partial charge in [0.2, 0.25) is 5.91 Å². The largest absolute Gasteiger partial charge is 0.393 e. The third kappa shape index (κ3) is 5.74. The predicted octanol–water partition coefficient (Wildman–Crippen LogP) is 3.41. The molecule has 142 valence electrons. The molecule has 0 saturated heterocycles. The molecule has 0 aromatic carbocycles. The molecule has 1 aliphatic carbocycles. The van der Waals surface area contributed by atoms with Crippen molar-refractivity contribution in [2.45, 2.75) is 56.8 Å². The minimum Gasteiger partial charge on any atom is -0.393 e. The van der Waals surface area contributed by atoms with Gasteiger partial charge in [-0.2, -0.15) is 11.8 Å². The Hall–Kier alpha value is -1.53. The molecular weight excluding hydrogens is 346 g/mol. The Morgan fingerprint density at radius 1 is 1.35 bits per heavy atom. The topological polar surface area (TPSA) is 66.6 Å². The normalized spacial score (nSPS) is 20.3. The molecule has 2 aromatic heterocycles. The number of carbonyl (C=O) groups excluding carboxylic acids is 1. The standard InChI is InChI=1S/C20H29N3O2S/c24-18-8-2-1-6-16(18)7-5-11-21-20(25)10-13-26-15-17-14-23-12-4-3-9-19(23)22-17/h3-4,9,12,14,16,18,24H,1-2,5-8,10-11,13,15H2,(H,21,25). The molecule has 0 aliphatic heterocycles. The number of rotatable bonds is 9. The van der Waals surface area contributed by atoms with Crippen LogP contribution in [0.3, 0.4) is 0 Å². The number of amides is 1. The van der Waals surface area contributed by atoms with Crippen LogP contribution in [0.15, 0.2) is 30.6 Å². The van der Waals surface area contributed by atoms with Crippen LogP contribution in [0, 0.1) is 5.92 Å². The monoisotopic (exact) mass is 375 g/mol. The molecule has 1 aliphatic rings. The van der Waals surface area contributed by atoms with Crippen molar-refractivity contribution in [1.29, 1.82) is 0 Å². The van der Waals surface area contributed by atoms with Crippen LogP contribution in [-0.4, -0.2) is 38.8 Å². The number of fused-ring (bicyclic) bond motifs is 1. The maximum Gasteiger partial charge on any atom is 0.220 e. The molecule has 3 rings (SSSR count). The van der Waals surface area contributed by atoms with E-state index in [1.807, 2.05) is 35.0 Å². The molecule has 26 heavy (non-hydrogen) atoms. The molecule has 1 saturated carbocycles. The zero-order chi connectivity index (χ0) is 18.2. The summed E-state index contributed by atoms with van der Waals surface area (Å²) in [6, 6.07) is 5.97. The maximum atomic E-state index is 11.9. The van der Waals surface area contributed by atoms with Crippen LogP contribution in [0.2, 0.25) is 0 Å². The number of thioether (sulfide) groups is 1. The van der Waals surface area contributed by atoms with E-state index in [-0.39, 0.29) is 12.0 Å². The van der Waals surface area contributed by atoms with E-state index in [1.165, 1.54) is 6.42 Å². The number of aromatic nitrogens is 2. The number of pyridine rings is 1. The fourth-order valence-electron chi connectivity index (χ4n) is 3.60. The van der Waals surface area contributed by atoms with E-state index in [4.69, 9.17) is 0 Å². The van der Waals surface area contributed by atoms with Crippen LogP contribution in [0.25, 0.3) is 5.65 Å². The number of imidazole rings is 1. The van der Waals surface area contributed by atoms with Crippen LogP contribution in [-0.2, 0) is 10.5 Å². The maximum absolute atomic E-state index is 11.9. The van der Waals surface area contributed by atoms with Gasteiger partial charge in [-0.15, -0.1) is 0 Å². The third-order valence-corrected chi connectivity index (χ3v) is 6.07.